The molecule has 13 heavy (non-hydrogen) atoms. The van der Waals surface area contributed by atoms with Crippen molar-refractivity contribution in [1.82, 2.24) is 10.4 Å². The summed E-state index contributed by atoms with van der Waals surface area (Å²) in [6.45, 7) is 2.17. The Morgan fingerprint density at radius 2 is 2.38 bits per heavy atom. The van der Waals surface area contributed by atoms with E-state index in [0.717, 1.165) is 12.1 Å². The lowest BCUT2D eigenvalue weighted by molar-refractivity contribution is 0.485. The fourth-order valence-corrected chi connectivity index (χ4v) is 1.31. The Balaban J connectivity index is 2.56. The number of hydrazine groups is 1. The van der Waals surface area contributed by atoms with Crippen molar-refractivity contribution in [2.75, 3.05) is 0 Å². The van der Waals surface area contributed by atoms with Crippen molar-refractivity contribution in [3.63, 3.8) is 0 Å². The van der Waals surface area contributed by atoms with E-state index in [2.05, 4.69) is 17.3 Å². The summed E-state index contributed by atoms with van der Waals surface area (Å²) in [6, 6.07) is 6.09. The Labute approximate surface area is 79.3 Å². The third kappa shape index (κ3) is 3.13. The van der Waals surface area contributed by atoms with Crippen LogP contribution in [0.3, 0.4) is 0 Å². The number of nitrogens with zero attached hydrogens (tertiary/aromatic N) is 1. The van der Waals surface area contributed by atoms with Gasteiger partial charge in [0, 0.05) is 6.20 Å². The van der Waals surface area contributed by atoms with E-state index < -0.39 is 0 Å². The molecule has 0 saturated carbocycles. The topological polar surface area (TPSA) is 50.9 Å². The molecule has 0 aliphatic carbocycles. The molecular formula is C10H17N3. The van der Waals surface area contributed by atoms with Crippen molar-refractivity contribution in [2.45, 2.75) is 32.2 Å². The van der Waals surface area contributed by atoms with E-state index in [1.807, 2.05) is 18.2 Å². The number of hydrogen-bond donors (Lipinski definition) is 2. The molecular weight excluding hydrogens is 162 g/mol. The summed E-state index contributed by atoms with van der Waals surface area (Å²) in [7, 11) is 0. The highest BCUT2D eigenvalue weighted by atomic mass is 15.2. The van der Waals surface area contributed by atoms with Gasteiger partial charge in [0.05, 0.1) is 11.7 Å². The summed E-state index contributed by atoms with van der Waals surface area (Å²) < 4.78 is 0. The van der Waals surface area contributed by atoms with Gasteiger partial charge in [-0.15, -0.1) is 0 Å². The van der Waals surface area contributed by atoms with Crippen molar-refractivity contribution in [2.24, 2.45) is 5.84 Å². The Morgan fingerprint density at radius 3 is 2.92 bits per heavy atom. The SMILES string of the molecule is CCCCC(NN)c1ccccn1. The maximum absolute atomic E-state index is 5.46. The highest BCUT2D eigenvalue weighted by Gasteiger charge is 2.08. The molecule has 0 aromatic carbocycles. The van der Waals surface area contributed by atoms with E-state index in [-0.39, 0.29) is 6.04 Å². The minimum Gasteiger partial charge on any atom is -0.271 e. The fraction of sp³-hybridized carbons (Fsp3) is 0.500. The van der Waals surface area contributed by atoms with Gasteiger partial charge in [0.2, 0.25) is 0 Å². The monoisotopic (exact) mass is 179 g/mol. The maximum Gasteiger partial charge on any atom is 0.0632 e. The van der Waals surface area contributed by atoms with Gasteiger partial charge in [-0.3, -0.25) is 16.3 Å². The van der Waals surface area contributed by atoms with Crippen molar-refractivity contribution in [3.8, 4) is 0 Å². The zero-order valence-corrected chi connectivity index (χ0v) is 8.03. The van der Waals surface area contributed by atoms with Gasteiger partial charge in [-0.2, -0.15) is 0 Å². The Kier molecular flexibility index (Phi) is 4.43. The predicted molar refractivity (Wildman–Crippen MR) is 53.8 cm³/mol. The zero-order chi connectivity index (χ0) is 9.52. The summed E-state index contributed by atoms with van der Waals surface area (Å²) in [4.78, 5) is 4.26. The fourth-order valence-electron chi connectivity index (χ4n) is 1.31. The molecule has 0 spiro atoms. The van der Waals surface area contributed by atoms with Crippen LogP contribution >= 0.6 is 0 Å². The molecule has 0 fully saturated rings. The maximum atomic E-state index is 5.46. The first-order valence-corrected chi connectivity index (χ1v) is 4.75. The Morgan fingerprint density at radius 1 is 1.54 bits per heavy atom. The molecule has 72 valence electrons. The van der Waals surface area contributed by atoms with Crippen molar-refractivity contribution in [1.29, 1.82) is 0 Å². The van der Waals surface area contributed by atoms with Crippen LogP contribution in [0.4, 0.5) is 0 Å². The molecule has 0 aliphatic heterocycles. The van der Waals surface area contributed by atoms with Gasteiger partial charge in [-0.05, 0) is 18.6 Å². The van der Waals surface area contributed by atoms with Crippen LogP contribution in [0.25, 0.3) is 0 Å². The minimum atomic E-state index is 0.196. The molecule has 0 saturated heterocycles. The second-order valence-corrected chi connectivity index (χ2v) is 3.12. The summed E-state index contributed by atoms with van der Waals surface area (Å²) in [5, 5.41) is 0. The quantitative estimate of drug-likeness (QED) is 0.535. The second-order valence-electron chi connectivity index (χ2n) is 3.12. The first-order valence-electron chi connectivity index (χ1n) is 4.75. The summed E-state index contributed by atoms with van der Waals surface area (Å²) in [5.74, 6) is 5.46. The van der Waals surface area contributed by atoms with Crippen LogP contribution in [0, 0.1) is 0 Å². The van der Waals surface area contributed by atoms with Gasteiger partial charge in [0.25, 0.3) is 0 Å². The number of nitrogens with one attached hydrogen (secondary N) is 1. The first kappa shape index (κ1) is 10.2. The van der Waals surface area contributed by atoms with Crippen molar-refractivity contribution in [3.05, 3.63) is 30.1 Å². The van der Waals surface area contributed by atoms with Gasteiger partial charge >= 0.3 is 0 Å². The first-order chi connectivity index (χ1) is 6.38. The van der Waals surface area contributed by atoms with Crippen LogP contribution < -0.4 is 11.3 Å². The Bertz CT molecular complexity index is 223. The van der Waals surface area contributed by atoms with Gasteiger partial charge < -0.3 is 0 Å². The van der Waals surface area contributed by atoms with Gasteiger partial charge in [0.1, 0.15) is 0 Å². The second kappa shape index (κ2) is 5.67. The number of unbranched alkanes of at least 4 members (excludes halogenated alkanes) is 1. The van der Waals surface area contributed by atoms with Gasteiger partial charge in [-0.25, -0.2) is 0 Å². The van der Waals surface area contributed by atoms with Crippen LogP contribution in [-0.2, 0) is 0 Å². The Hall–Kier alpha value is -0.930. The number of aromatic nitrogens is 1. The number of pyridine rings is 1. The molecule has 0 amide bonds. The summed E-state index contributed by atoms with van der Waals surface area (Å²) >= 11 is 0. The number of nitrogens with two attached hydrogens (primary N) is 1. The minimum absolute atomic E-state index is 0.196. The highest BCUT2D eigenvalue weighted by molar-refractivity contribution is 5.08. The molecule has 1 rings (SSSR count). The zero-order valence-electron chi connectivity index (χ0n) is 8.03. The summed E-state index contributed by atoms with van der Waals surface area (Å²) in [5.41, 5.74) is 3.82. The van der Waals surface area contributed by atoms with Crippen LogP contribution in [-0.4, -0.2) is 4.98 Å². The standard InChI is InChI=1S/C10H17N3/c1-2-3-6-10(13-11)9-7-4-5-8-12-9/h4-5,7-8,10,13H,2-3,6,11H2,1H3. The average Bonchev–Trinajstić information content (AvgIpc) is 2.21. The van der Waals surface area contributed by atoms with E-state index in [9.17, 15) is 0 Å². The lowest BCUT2D eigenvalue weighted by Crippen LogP contribution is -2.28. The highest BCUT2D eigenvalue weighted by Crippen LogP contribution is 2.15. The number of rotatable bonds is 5. The largest absolute Gasteiger partial charge is 0.271 e. The third-order valence-corrected chi connectivity index (χ3v) is 2.09. The molecule has 3 nitrogen and oxygen atoms in total. The predicted octanol–water partition coefficient (Wildman–Crippen LogP) is 1.78. The van der Waals surface area contributed by atoms with E-state index in [4.69, 9.17) is 5.84 Å². The molecule has 1 atom stereocenters. The molecule has 1 heterocycles. The smallest absolute Gasteiger partial charge is 0.0632 e. The van der Waals surface area contributed by atoms with Crippen LogP contribution in [0.2, 0.25) is 0 Å². The van der Waals surface area contributed by atoms with E-state index in [1.54, 1.807) is 6.20 Å². The van der Waals surface area contributed by atoms with Gasteiger partial charge in [-0.1, -0.05) is 25.8 Å². The normalized spacial score (nSPS) is 12.8. The molecule has 0 bridgehead atoms. The summed E-state index contributed by atoms with van der Waals surface area (Å²) in [6.07, 6.45) is 5.20. The lowest BCUT2D eigenvalue weighted by Gasteiger charge is -2.14. The third-order valence-electron chi connectivity index (χ3n) is 2.09. The van der Waals surface area contributed by atoms with Crippen LogP contribution in [0.15, 0.2) is 24.4 Å². The molecule has 1 unspecified atom stereocenters. The molecule has 0 radical (unpaired) electrons. The van der Waals surface area contributed by atoms with E-state index in [1.165, 1.54) is 12.8 Å². The van der Waals surface area contributed by atoms with Gasteiger partial charge in [0.15, 0.2) is 0 Å². The molecule has 0 aliphatic rings. The van der Waals surface area contributed by atoms with E-state index >= 15 is 0 Å². The van der Waals surface area contributed by atoms with E-state index in [0.29, 0.717) is 0 Å². The molecule has 1 aromatic rings. The van der Waals surface area contributed by atoms with Crippen LogP contribution in [0.5, 0.6) is 0 Å². The molecule has 3 N–H and O–H groups in total. The van der Waals surface area contributed by atoms with Crippen LogP contribution in [0.1, 0.15) is 37.9 Å². The number of hydrogen-bond acceptors (Lipinski definition) is 3. The molecule has 3 heteroatoms. The lowest BCUT2D eigenvalue weighted by atomic mass is 10.1. The van der Waals surface area contributed by atoms with Crippen molar-refractivity contribution >= 4 is 0 Å². The average molecular weight is 179 g/mol. The van der Waals surface area contributed by atoms with Crippen molar-refractivity contribution < 1.29 is 0 Å². The molecule has 1 aromatic heterocycles.